The molecule has 0 N–H and O–H groups in total. The van der Waals surface area contributed by atoms with Crippen molar-refractivity contribution in [1.82, 2.24) is 19.9 Å². The van der Waals surface area contributed by atoms with Crippen LogP contribution in [0.1, 0.15) is 33.1 Å². The molecule has 6 nitrogen and oxygen atoms in total. The first-order valence-corrected chi connectivity index (χ1v) is 17.1. The van der Waals surface area contributed by atoms with Gasteiger partial charge in [-0.2, -0.15) is 0 Å². The van der Waals surface area contributed by atoms with Crippen LogP contribution in [0.25, 0.3) is 90.9 Å². The summed E-state index contributed by atoms with van der Waals surface area (Å²) < 4.78 is 4.97. The van der Waals surface area contributed by atoms with Gasteiger partial charge in [-0.25, -0.2) is 14.8 Å². The van der Waals surface area contributed by atoms with Gasteiger partial charge in [0.25, 0.3) is 0 Å². The third-order valence-corrected chi connectivity index (χ3v) is 9.39. The first kappa shape index (κ1) is 33.8. The maximum absolute atomic E-state index is 12.3. The second-order valence-electron chi connectivity index (χ2n) is 12.5. The Bertz CT molecular complexity index is 2680. The summed E-state index contributed by atoms with van der Waals surface area (Å²) in [5, 5.41) is 0. The van der Waals surface area contributed by atoms with Gasteiger partial charge in [-0.15, -0.1) is 22.1 Å². The molecule has 9 rings (SSSR count). The zero-order chi connectivity index (χ0) is 35.0. The van der Waals surface area contributed by atoms with Crippen molar-refractivity contribution in [3.8, 4) is 44.5 Å². The molecule has 0 unspecified atom stereocenters. The van der Waals surface area contributed by atoms with Crippen LogP contribution in [0.2, 0.25) is 0 Å². The van der Waals surface area contributed by atoms with E-state index in [4.69, 9.17) is 24.7 Å². The van der Waals surface area contributed by atoms with Gasteiger partial charge in [0.1, 0.15) is 0 Å². The van der Waals surface area contributed by atoms with Gasteiger partial charge in [-0.05, 0) is 80.9 Å². The van der Waals surface area contributed by atoms with Gasteiger partial charge < -0.3 is 14.7 Å². The zero-order valence-corrected chi connectivity index (χ0v) is 30.8. The van der Waals surface area contributed by atoms with Crippen LogP contribution in [0.3, 0.4) is 0 Å². The number of aromatic nitrogens is 4. The Morgan fingerprint density at radius 1 is 0.434 bits per heavy atom. The van der Waals surface area contributed by atoms with Gasteiger partial charge in [0.05, 0.1) is 35.4 Å². The van der Waals surface area contributed by atoms with Crippen molar-refractivity contribution in [3.63, 3.8) is 0 Å². The minimum absolute atomic E-state index is 0. The molecule has 2 aliphatic heterocycles. The van der Waals surface area contributed by atoms with Gasteiger partial charge in [-0.1, -0.05) is 127 Å². The predicted molar refractivity (Wildman–Crippen MR) is 210 cm³/mol. The number of carbonyl (C=O) groups is 1. The van der Waals surface area contributed by atoms with E-state index in [9.17, 15) is 4.79 Å². The summed E-state index contributed by atoms with van der Waals surface area (Å²) in [4.78, 5) is 33.5. The molecular formula is C46H30N4O2Pt. The van der Waals surface area contributed by atoms with Crippen molar-refractivity contribution in [2.75, 3.05) is 7.11 Å². The Morgan fingerprint density at radius 3 is 1.04 bits per heavy atom. The smallest absolute Gasteiger partial charge is 0.657 e. The number of nitrogens with zero attached hydrogens (tertiary/aromatic N) is 4. The van der Waals surface area contributed by atoms with E-state index >= 15 is 0 Å². The first-order valence-electron chi connectivity index (χ1n) is 17.1. The number of benzene rings is 4. The minimum Gasteiger partial charge on any atom is -0.657 e. The molecule has 7 aromatic rings. The quantitative estimate of drug-likeness (QED) is 0.160. The molecule has 2 aliphatic rings. The van der Waals surface area contributed by atoms with Crippen LogP contribution in [-0.2, 0) is 25.8 Å². The Balaban J connectivity index is 0.00000400. The number of carbonyl (C=O) groups excluding carboxylic acids is 1. The summed E-state index contributed by atoms with van der Waals surface area (Å²) in [6, 6.07) is 46.4. The molecule has 0 atom stereocenters. The number of hydrogen-bond acceptors (Lipinski definition) is 4. The van der Waals surface area contributed by atoms with E-state index in [-0.39, 0.29) is 21.1 Å². The van der Waals surface area contributed by atoms with Gasteiger partial charge >= 0.3 is 27.0 Å². The molecule has 5 heterocycles. The van der Waals surface area contributed by atoms with Crippen LogP contribution in [0, 0.1) is 0 Å². The average Bonchev–Trinajstić information content (AvgIpc) is 4.04. The third-order valence-electron chi connectivity index (χ3n) is 9.39. The molecule has 4 aromatic carbocycles. The summed E-state index contributed by atoms with van der Waals surface area (Å²) in [5.41, 5.74) is 14.4. The standard InChI is InChI=1S/C46H31N4O2.Pt/c1-52-46(51)33-19-17-32(18-20-33)45-40-27-25-38(49-40)43(30-13-7-3-8-14-30)36-23-21-34(47-36)42(29-11-5-2-6-12-29)35-22-24-37(48-35)44(31-15-9-4-10-16-31)39-26-28-41(45)50-39;/h2-28H,1H3,(H-,47,48,49,50,51);/q-1;+2/p-1. The summed E-state index contributed by atoms with van der Waals surface area (Å²) in [6.07, 6.45) is 8.22. The van der Waals surface area contributed by atoms with Gasteiger partial charge in [-0.3, -0.25) is 0 Å². The van der Waals surface area contributed by atoms with Crippen LogP contribution >= 0.6 is 0 Å². The fourth-order valence-electron chi connectivity index (χ4n) is 6.98. The fraction of sp³-hybridized carbons (Fsp3) is 0.0217. The maximum atomic E-state index is 12.3. The topological polar surface area (TPSA) is 80.3 Å². The number of ether oxygens (including phenoxy) is 1. The maximum Gasteiger partial charge on any atom is 2.00 e. The fourth-order valence-corrected chi connectivity index (χ4v) is 6.98. The molecule has 0 fully saturated rings. The summed E-state index contributed by atoms with van der Waals surface area (Å²) in [7, 11) is 1.38. The number of rotatable bonds is 5. The Kier molecular flexibility index (Phi) is 9.13. The average molecular weight is 866 g/mol. The van der Waals surface area contributed by atoms with E-state index in [0.29, 0.717) is 5.56 Å². The molecule has 3 aromatic heterocycles. The van der Waals surface area contributed by atoms with Crippen molar-refractivity contribution in [3.05, 3.63) is 168 Å². The van der Waals surface area contributed by atoms with E-state index in [1.54, 1.807) is 12.1 Å². The van der Waals surface area contributed by atoms with Gasteiger partial charge in [0.15, 0.2) is 0 Å². The monoisotopic (exact) mass is 865 g/mol. The Labute approximate surface area is 320 Å². The molecule has 7 heteroatoms. The predicted octanol–water partition coefficient (Wildman–Crippen LogP) is 10.4. The number of methoxy groups -OCH3 is 1. The van der Waals surface area contributed by atoms with Crippen LogP contribution in [-0.4, -0.2) is 23.0 Å². The number of fused-ring (bicyclic) bond motifs is 8. The van der Waals surface area contributed by atoms with Crippen molar-refractivity contribution in [2.24, 2.45) is 0 Å². The molecule has 0 radical (unpaired) electrons. The molecule has 0 saturated carbocycles. The van der Waals surface area contributed by atoms with Crippen LogP contribution in [0.4, 0.5) is 0 Å². The van der Waals surface area contributed by atoms with E-state index in [2.05, 4.69) is 60.7 Å². The molecule has 0 amide bonds. The van der Waals surface area contributed by atoms with Gasteiger partial charge in [0.2, 0.25) is 0 Å². The van der Waals surface area contributed by atoms with Crippen LogP contribution < -0.4 is 9.97 Å². The largest absolute Gasteiger partial charge is 2.00 e. The molecular weight excluding hydrogens is 836 g/mol. The van der Waals surface area contributed by atoms with Crippen LogP contribution in [0.5, 0.6) is 0 Å². The molecule has 53 heavy (non-hydrogen) atoms. The summed E-state index contributed by atoms with van der Waals surface area (Å²) in [5.74, 6) is -0.392. The SMILES string of the molecule is COC(=O)c1ccc(-c2c3nc(c(-c4ccccc4)c4ccc([n-]4)c(-c4ccccc4)c4nc(c(-c5ccccc5)c5ccc2[n-]5)C=C4)C=C3)cc1.[Pt+2]. The van der Waals surface area contributed by atoms with E-state index in [0.717, 1.165) is 89.4 Å². The number of esters is 1. The Hall–Kier alpha value is -6.36. The molecule has 8 bridgehead atoms. The first-order chi connectivity index (χ1) is 25.6. The zero-order valence-electron chi connectivity index (χ0n) is 28.5. The van der Waals surface area contributed by atoms with E-state index in [1.165, 1.54) is 7.11 Å². The summed E-state index contributed by atoms with van der Waals surface area (Å²) in [6.45, 7) is 0. The molecule has 0 spiro atoms. The van der Waals surface area contributed by atoms with E-state index in [1.807, 2.05) is 91.0 Å². The minimum atomic E-state index is -0.392. The number of hydrogen-bond donors (Lipinski definition) is 0. The van der Waals surface area contributed by atoms with E-state index < -0.39 is 5.97 Å². The molecule has 256 valence electrons. The van der Waals surface area contributed by atoms with Crippen LogP contribution in [0.15, 0.2) is 140 Å². The molecule has 0 saturated heterocycles. The Morgan fingerprint density at radius 2 is 0.736 bits per heavy atom. The second-order valence-corrected chi connectivity index (χ2v) is 12.5. The summed E-state index contributed by atoms with van der Waals surface area (Å²) >= 11 is 0. The van der Waals surface area contributed by atoms with Crippen molar-refractivity contribution in [2.45, 2.75) is 0 Å². The normalized spacial score (nSPS) is 11.6. The molecule has 0 aliphatic carbocycles. The third kappa shape index (κ3) is 6.28. The van der Waals surface area contributed by atoms with Crippen molar-refractivity contribution in [1.29, 1.82) is 0 Å². The van der Waals surface area contributed by atoms with Gasteiger partial charge in [0, 0.05) is 0 Å². The van der Waals surface area contributed by atoms with Crippen molar-refractivity contribution >= 4 is 52.3 Å². The van der Waals surface area contributed by atoms with Crippen molar-refractivity contribution < 1.29 is 30.6 Å². The second kappa shape index (κ2) is 14.3.